The average Bonchev–Trinajstić information content (AvgIpc) is 2.25. The molecule has 0 aromatic rings. The Morgan fingerprint density at radius 1 is 1.35 bits per heavy atom. The molecule has 0 bridgehead atoms. The number of amides is 1. The fourth-order valence-corrected chi connectivity index (χ4v) is 1.90. The van der Waals surface area contributed by atoms with Gasteiger partial charge >= 0.3 is 0 Å². The zero-order chi connectivity index (χ0) is 13.3. The Balaban J connectivity index is 3.82. The summed E-state index contributed by atoms with van der Waals surface area (Å²) < 4.78 is 5.02. The van der Waals surface area contributed by atoms with E-state index in [1.165, 1.54) is 0 Å². The van der Waals surface area contributed by atoms with E-state index < -0.39 is 0 Å². The lowest BCUT2D eigenvalue weighted by Gasteiger charge is -2.17. The van der Waals surface area contributed by atoms with Crippen molar-refractivity contribution in [2.75, 3.05) is 26.8 Å². The van der Waals surface area contributed by atoms with Crippen molar-refractivity contribution in [1.82, 2.24) is 5.32 Å². The molecule has 0 spiro atoms. The summed E-state index contributed by atoms with van der Waals surface area (Å²) in [4.78, 5) is 11.7. The molecule has 2 atom stereocenters. The van der Waals surface area contributed by atoms with Crippen molar-refractivity contribution in [3.63, 3.8) is 0 Å². The van der Waals surface area contributed by atoms with E-state index in [2.05, 4.69) is 26.1 Å². The number of carbonyl (C=O) groups is 1. The van der Waals surface area contributed by atoms with Crippen LogP contribution in [0.5, 0.6) is 0 Å². The lowest BCUT2D eigenvalue weighted by Crippen LogP contribution is -2.32. The van der Waals surface area contributed by atoms with Gasteiger partial charge in [-0.1, -0.05) is 20.8 Å². The van der Waals surface area contributed by atoms with Crippen molar-refractivity contribution in [2.24, 2.45) is 23.5 Å². The number of carbonyl (C=O) groups excluding carboxylic acids is 1. The first-order chi connectivity index (χ1) is 7.99. The molecular formula is C13H28N2O2. The molecule has 0 aliphatic heterocycles. The molecule has 17 heavy (non-hydrogen) atoms. The van der Waals surface area contributed by atoms with Gasteiger partial charge in [0, 0.05) is 20.1 Å². The minimum atomic E-state index is 0.101. The molecule has 4 heteroatoms. The first-order valence-electron chi connectivity index (χ1n) is 6.45. The van der Waals surface area contributed by atoms with Crippen LogP contribution in [0.4, 0.5) is 0 Å². The highest BCUT2D eigenvalue weighted by atomic mass is 16.5. The van der Waals surface area contributed by atoms with Crippen LogP contribution < -0.4 is 11.1 Å². The summed E-state index contributed by atoms with van der Waals surface area (Å²) in [5.74, 6) is 1.34. The van der Waals surface area contributed by atoms with Crippen molar-refractivity contribution >= 4 is 5.91 Å². The molecule has 3 N–H and O–H groups in total. The molecule has 0 radical (unpaired) electrons. The van der Waals surface area contributed by atoms with E-state index in [4.69, 9.17) is 10.5 Å². The van der Waals surface area contributed by atoms with Gasteiger partial charge in [0.1, 0.15) is 0 Å². The minimum Gasteiger partial charge on any atom is -0.384 e. The standard InChI is InChI=1S/C13H28N2O2/c1-10(2)5-12(7-14)6-13(16)15-8-11(3)9-17-4/h10-12H,5-9,14H2,1-4H3,(H,15,16)/t11?,12-/m0/s1. The zero-order valence-electron chi connectivity index (χ0n) is 11.7. The maximum Gasteiger partial charge on any atom is 0.220 e. The van der Waals surface area contributed by atoms with E-state index in [0.717, 1.165) is 6.42 Å². The average molecular weight is 244 g/mol. The summed E-state index contributed by atoms with van der Waals surface area (Å²) in [6, 6.07) is 0. The molecule has 1 unspecified atom stereocenters. The van der Waals surface area contributed by atoms with Gasteiger partial charge in [-0.05, 0) is 30.7 Å². The minimum absolute atomic E-state index is 0.101. The quantitative estimate of drug-likeness (QED) is 0.644. The summed E-state index contributed by atoms with van der Waals surface area (Å²) in [6.45, 7) is 8.29. The monoisotopic (exact) mass is 244 g/mol. The van der Waals surface area contributed by atoms with Gasteiger partial charge in [0.25, 0.3) is 0 Å². The highest BCUT2D eigenvalue weighted by molar-refractivity contribution is 5.76. The molecule has 1 amide bonds. The van der Waals surface area contributed by atoms with E-state index in [1.807, 2.05) is 0 Å². The van der Waals surface area contributed by atoms with Gasteiger partial charge in [-0.15, -0.1) is 0 Å². The highest BCUT2D eigenvalue weighted by Gasteiger charge is 2.14. The Kier molecular flexibility index (Phi) is 9.09. The molecule has 0 aromatic heterocycles. The molecule has 0 saturated carbocycles. The van der Waals surface area contributed by atoms with Crippen LogP contribution >= 0.6 is 0 Å². The number of hydrogen-bond acceptors (Lipinski definition) is 3. The Morgan fingerprint density at radius 3 is 2.47 bits per heavy atom. The third-order valence-electron chi connectivity index (χ3n) is 2.71. The predicted molar refractivity (Wildman–Crippen MR) is 70.7 cm³/mol. The third-order valence-corrected chi connectivity index (χ3v) is 2.71. The molecule has 102 valence electrons. The van der Waals surface area contributed by atoms with Gasteiger partial charge in [0.15, 0.2) is 0 Å². The zero-order valence-corrected chi connectivity index (χ0v) is 11.7. The lowest BCUT2D eigenvalue weighted by molar-refractivity contribution is -0.122. The van der Waals surface area contributed by atoms with Gasteiger partial charge in [0.2, 0.25) is 5.91 Å². The Bertz CT molecular complexity index is 208. The molecule has 0 aliphatic carbocycles. The Hall–Kier alpha value is -0.610. The van der Waals surface area contributed by atoms with Crippen LogP contribution in [-0.4, -0.2) is 32.7 Å². The molecule has 4 nitrogen and oxygen atoms in total. The summed E-state index contributed by atoms with van der Waals surface area (Å²) in [5.41, 5.74) is 5.67. The van der Waals surface area contributed by atoms with E-state index in [1.54, 1.807) is 7.11 Å². The Morgan fingerprint density at radius 2 is 2.00 bits per heavy atom. The molecule has 0 fully saturated rings. The normalized spacial score (nSPS) is 14.7. The van der Waals surface area contributed by atoms with E-state index in [-0.39, 0.29) is 5.91 Å². The molecule has 0 saturated heterocycles. The highest BCUT2D eigenvalue weighted by Crippen LogP contribution is 2.13. The maximum atomic E-state index is 11.7. The van der Waals surface area contributed by atoms with Crippen LogP contribution in [-0.2, 0) is 9.53 Å². The first-order valence-corrected chi connectivity index (χ1v) is 6.45. The van der Waals surface area contributed by atoms with Crippen molar-refractivity contribution < 1.29 is 9.53 Å². The van der Waals surface area contributed by atoms with Crippen LogP contribution in [0.15, 0.2) is 0 Å². The second-order valence-corrected chi connectivity index (χ2v) is 5.30. The van der Waals surface area contributed by atoms with Gasteiger partial charge in [0.05, 0.1) is 6.61 Å². The fraction of sp³-hybridized carbons (Fsp3) is 0.923. The smallest absolute Gasteiger partial charge is 0.220 e. The molecule has 0 aromatic carbocycles. The van der Waals surface area contributed by atoms with Gasteiger partial charge in [-0.2, -0.15) is 0 Å². The first kappa shape index (κ1) is 16.4. The van der Waals surface area contributed by atoms with E-state index in [9.17, 15) is 4.79 Å². The number of nitrogens with one attached hydrogen (secondary N) is 1. The fourth-order valence-electron chi connectivity index (χ4n) is 1.90. The van der Waals surface area contributed by atoms with E-state index >= 15 is 0 Å². The van der Waals surface area contributed by atoms with E-state index in [0.29, 0.717) is 43.9 Å². The lowest BCUT2D eigenvalue weighted by atomic mass is 9.94. The molecular weight excluding hydrogens is 216 g/mol. The number of rotatable bonds is 9. The second-order valence-electron chi connectivity index (χ2n) is 5.30. The SMILES string of the molecule is COCC(C)CNC(=O)C[C@@H](CN)CC(C)C. The maximum absolute atomic E-state index is 11.7. The van der Waals surface area contributed by atoms with Crippen molar-refractivity contribution in [2.45, 2.75) is 33.6 Å². The summed E-state index contributed by atoms with van der Waals surface area (Å²) >= 11 is 0. The van der Waals surface area contributed by atoms with Crippen LogP contribution in [0, 0.1) is 17.8 Å². The predicted octanol–water partition coefficient (Wildman–Crippen LogP) is 1.40. The topological polar surface area (TPSA) is 64.3 Å². The van der Waals surface area contributed by atoms with Gasteiger partial charge in [-0.25, -0.2) is 0 Å². The van der Waals surface area contributed by atoms with Crippen molar-refractivity contribution in [3.8, 4) is 0 Å². The van der Waals surface area contributed by atoms with Crippen molar-refractivity contribution in [1.29, 1.82) is 0 Å². The molecule has 0 rings (SSSR count). The molecule has 0 heterocycles. The largest absolute Gasteiger partial charge is 0.384 e. The summed E-state index contributed by atoms with van der Waals surface area (Å²) in [5, 5.41) is 2.93. The van der Waals surface area contributed by atoms with Gasteiger partial charge < -0.3 is 15.8 Å². The summed E-state index contributed by atoms with van der Waals surface area (Å²) in [7, 11) is 1.67. The van der Waals surface area contributed by atoms with Crippen LogP contribution in [0.2, 0.25) is 0 Å². The van der Waals surface area contributed by atoms with Crippen LogP contribution in [0.3, 0.4) is 0 Å². The number of ether oxygens (including phenoxy) is 1. The van der Waals surface area contributed by atoms with Crippen molar-refractivity contribution in [3.05, 3.63) is 0 Å². The Labute approximate surface area is 105 Å². The number of hydrogen-bond donors (Lipinski definition) is 2. The van der Waals surface area contributed by atoms with Crippen LogP contribution in [0.1, 0.15) is 33.6 Å². The third kappa shape index (κ3) is 9.12. The molecule has 0 aliphatic rings. The second kappa shape index (κ2) is 9.42. The number of nitrogens with two attached hydrogens (primary N) is 1. The number of methoxy groups -OCH3 is 1. The summed E-state index contributed by atoms with van der Waals surface area (Å²) in [6.07, 6.45) is 1.55. The van der Waals surface area contributed by atoms with Gasteiger partial charge in [-0.3, -0.25) is 4.79 Å². The van der Waals surface area contributed by atoms with Crippen LogP contribution in [0.25, 0.3) is 0 Å².